The molecule has 0 bridgehead atoms. The van der Waals surface area contributed by atoms with Crippen LogP contribution in [-0.4, -0.2) is 36.8 Å². The van der Waals surface area contributed by atoms with Crippen molar-refractivity contribution in [2.75, 3.05) is 7.11 Å². The average Bonchev–Trinajstić information content (AvgIpc) is 2.59. The Bertz CT molecular complexity index is 736. The highest BCUT2D eigenvalue weighted by Crippen LogP contribution is 2.54. The molecule has 0 amide bonds. The van der Waals surface area contributed by atoms with E-state index in [4.69, 9.17) is 10.00 Å². The first kappa shape index (κ1) is 23.6. The van der Waals surface area contributed by atoms with Gasteiger partial charge in [-0.25, -0.2) is 0 Å². The molecule has 0 fully saturated rings. The van der Waals surface area contributed by atoms with Gasteiger partial charge in [0.25, 0.3) is 0 Å². The van der Waals surface area contributed by atoms with E-state index in [1.165, 1.54) is 31.4 Å². The molecule has 1 aromatic rings. The smallest absolute Gasteiger partial charge is 0.460 e. The number of nitrogens with zero attached hydrogens (tertiary/aromatic N) is 1. The van der Waals surface area contributed by atoms with E-state index in [-0.39, 0.29) is 5.56 Å². The maximum Gasteiger partial charge on any atom is 0.460 e. The summed E-state index contributed by atoms with van der Waals surface area (Å²) >= 11 is 0. The number of Topliss-reactive ketones (excluding diaryl/α,β-unsaturated/α-hetero) is 1. The number of carbonyl (C=O) groups excluding carboxylic acids is 1. The van der Waals surface area contributed by atoms with Gasteiger partial charge in [-0.2, -0.15) is 44.8 Å². The molecule has 0 aliphatic heterocycles. The molecule has 1 unspecified atom stereocenters. The van der Waals surface area contributed by atoms with Gasteiger partial charge in [-0.05, 0) is 24.3 Å². The lowest BCUT2D eigenvalue weighted by Gasteiger charge is -2.34. The van der Waals surface area contributed by atoms with Gasteiger partial charge in [-0.15, -0.1) is 0 Å². The van der Waals surface area contributed by atoms with Crippen molar-refractivity contribution in [3.8, 4) is 11.8 Å². The Hall–Kier alpha value is -2.45. The van der Waals surface area contributed by atoms with Crippen molar-refractivity contribution in [1.82, 2.24) is 0 Å². The zero-order valence-corrected chi connectivity index (χ0v) is 14.0. The number of ether oxygens (including phenoxy) is 1. The van der Waals surface area contributed by atoms with E-state index in [2.05, 4.69) is 0 Å². The Labute approximate surface area is 152 Å². The second-order valence-corrected chi connectivity index (χ2v) is 5.74. The summed E-state index contributed by atoms with van der Waals surface area (Å²) in [6.07, 6.45) is -10.4. The minimum absolute atomic E-state index is 0.128. The van der Waals surface area contributed by atoms with Gasteiger partial charge < -0.3 is 4.74 Å². The fourth-order valence-electron chi connectivity index (χ4n) is 2.13. The van der Waals surface area contributed by atoms with Gasteiger partial charge in [0, 0.05) is 18.4 Å². The molecule has 0 N–H and O–H groups in total. The molecule has 0 aliphatic rings. The SMILES string of the molecule is COc1ccc(C(=O)CC(C#N)CC(F)(F)C(F)(F)C(F)(F)C(F)(F)F)cc1. The highest BCUT2D eigenvalue weighted by molar-refractivity contribution is 5.96. The summed E-state index contributed by atoms with van der Waals surface area (Å²) in [6.45, 7) is 0. The summed E-state index contributed by atoms with van der Waals surface area (Å²) < 4.78 is 121. The Balaban J connectivity index is 3.01. The number of ketones is 1. The van der Waals surface area contributed by atoms with Crippen LogP contribution in [0.4, 0.5) is 39.5 Å². The van der Waals surface area contributed by atoms with Gasteiger partial charge in [-0.3, -0.25) is 4.79 Å². The number of hydrogen-bond donors (Lipinski definition) is 0. The van der Waals surface area contributed by atoms with Crippen LogP contribution in [-0.2, 0) is 0 Å². The molecule has 0 aromatic heterocycles. The second kappa shape index (κ2) is 7.89. The number of nitriles is 1. The third-order valence-corrected chi connectivity index (χ3v) is 3.74. The van der Waals surface area contributed by atoms with Crippen LogP contribution in [0.5, 0.6) is 5.75 Å². The lowest BCUT2D eigenvalue weighted by atomic mass is 9.90. The van der Waals surface area contributed by atoms with E-state index in [0.717, 1.165) is 6.07 Å². The van der Waals surface area contributed by atoms with Gasteiger partial charge >= 0.3 is 23.9 Å². The first-order valence-corrected chi connectivity index (χ1v) is 7.37. The van der Waals surface area contributed by atoms with Gasteiger partial charge in [0.05, 0.1) is 19.1 Å². The molecule has 0 aliphatic carbocycles. The summed E-state index contributed by atoms with van der Waals surface area (Å²) in [6, 6.07) is 5.98. The number of benzene rings is 1. The van der Waals surface area contributed by atoms with Crippen LogP contribution in [0.15, 0.2) is 24.3 Å². The fourth-order valence-corrected chi connectivity index (χ4v) is 2.13. The maximum absolute atomic E-state index is 13.6. The number of hydrogen-bond acceptors (Lipinski definition) is 3. The van der Waals surface area contributed by atoms with Gasteiger partial charge in [0.2, 0.25) is 0 Å². The Morgan fingerprint density at radius 2 is 1.50 bits per heavy atom. The highest BCUT2D eigenvalue weighted by atomic mass is 19.4. The summed E-state index contributed by atoms with van der Waals surface area (Å²) in [4.78, 5) is 12.0. The zero-order valence-electron chi connectivity index (χ0n) is 14.0. The summed E-state index contributed by atoms with van der Waals surface area (Å²) in [5, 5.41) is 8.79. The minimum Gasteiger partial charge on any atom is -0.497 e. The van der Waals surface area contributed by atoms with E-state index >= 15 is 0 Å². The number of alkyl halides is 9. The molecule has 0 saturated heterocycles. The molecular weight excluding hydrogens is 409 g/mol. The third kappa shape index (κ3) is 4.51. The van der Waals surface area contributed by atoms with Crippen LogP contribution in [0.25, 0.3) is 0 Å². The van der Waals surface area contributed by atoms with Crippen LogP contribution in [0.3, 0.4) is 0 Å². The number of halogens is 9. The van der Waals surface area contributed by atoms with Gasteiger partial charge in [-0.1, -0.05) is 0 Å². The molecule has 0 heterocycles. The van der Waals surface area contributed by atoms with E-state index < -0.39 is 48.5 Å². The standard InChI is InChI=1S/C16H12F9NO2/c1-28-11-4-2-10(3-5-11)12(27)6-9(8-26)7-13(17,18)14(19,20)15(21,22)16(23,24)25/h2-5,9H,6-7H2,1H3. The van der Waals surface area contributed by atoms with Gasteiger partial charge in [0.15, 0.2) is 5.78 Å². The van der Waals surface area contributed by atoms with Crippen molar-refractivity contribution in [1.29, 1.82) is 5.26 Å². The Morgan fingerprint density at radius 1 is 1.00 bits per heavy atom. The molecule has 12 heteroatoms. The van der Waals surface area contributed by atoms with Crippen LogP contribution in [0.2, 0.25) is 0 Å². The molecule has 28 heavy (non-hydrogen) atoms. The fraction of sp³-hybridized carbons (Fsp3) is 0.500. The van der Waals surface area contributed by atoms with Crippen LogP contribution in [0, 0.1) is 17.2 Å². The number of rotatable bonds is 8. The lowest BCUT2D eigenvalue weighted by molar-refractivity contribution is -0.397. The van der Waals surface area contributed by atoms with Gasteiger partial charge in [0.1, 0.15) is 5.75 Å². The van der Waals surface area contributed by atoms with E-state index in [0.29, 0.717) is 5.75 Å². The number of carbonyl (C=O) groups is 1. The molecule has 0 saturated carbocycles. The summed E-state index contributed by atoms with van der Waals surface area (Å²) in [7, 11) is 1.31. The zero-order chi connectivity index (χ0) is 22.0. The predicted octanol–water partition coefficient (Wildman–Crippen LogP) is 5.27. The molecular formula is C16H12F9NO2. The van der Waals surface area contributed by atoms with Crippen molar-refractivity contribution in [2.45, 2.75) is 36.8 Å². The maximum atomic E-state index is 13.6. The van der Waals surface area contributed by atoms with E-state index in [1.54, 1.807) is 0 Å². The van der Waals surface area contributed by atoms with Crippen molar-refractivity contribution in [3.05, 3.63) is 29.8 Å². The van der Waals surface area contributed by atoms with Crippen molar-refractivity contribution >= 4 is 5.78 Å². The first-order chi connectivity index (χ1) is 12.6. The average molecular weight is 421 g/mol. The molecule has 156 valence electrons. The van der Waals surface area contributed by atoms with Crippen LogP contribution >= 0.6 is 0 Å². The molecule has 0 radical (unpaired) electrons. The lowest BCUT2D eigenvalue weighted by Crippen LogP contribution is -2.61. The molecule has 0 spiro atoms. The second-order valence-electron chi connectivity index (χ2n) is 5.74. The Morgan fingerprint density at radius 3 is 1.89 bits per heavy atom. The third-order valence-electron chi connectivity index (χ3n) is 3.74. The quantitative estimate of drug-likeness (QED) is 0.425. The largest absolute Gasteiger partial charge is 0.497 e. The van der Waals surface area contributed by atoms with Crippen LogP contribution in [0.1, 0.15) is 23.2 Å². The normalized spacial score (nSPS) is 14.3. The first-order valence-electron chi connectivity index (χ1n) is 7.37. The molecule has 1 aromatic carbocycles. The van der Waals surface area contributed by atoms with Crippen molar-refractivity contribution in [2.24, 2.45) is 5.92 Å². The predicted molar refractivity (Wildman–Crippen MR) is 76.6 cm³/mol. The molecule has 3 nitrogen and oxygen atoms in total. The van der Waals surface area contributed by atoms with Crippen molar-refractivity contribution < 1.29 is 49.0 Å². The van der Waals surface area contributed by atoms with E-state index in [1.807, 2.05) is 0 Å². The molecule has 1 rings (SSSR count). The Kier molecular flexibility index (Phi) is 6.64. The minimum atomic E-state index is -7.04. The highest BCUT2D eigenvalue weighted by Gasteiger charge is 2.81. The van der Waals surface area contributed by atoms with E-state index in [9.17, 15) is 44.3 Å². The topological polar surface area (TPSA) is 50.1 Å². The summed E-state index contributed by atoms with van der Waals surface area (Å²) in [5.74, 6) is -22.7. The van der Waals surface area contributed by atoms with Crippen molar-refractivity contribution in [3.63, 3.8) is 0 Å². The monoisotopic (exact) mass is 421 g/mol. The van der Waals surface area contributed by atoms with Crippen LogP contribution < -0.4 is 4.74 Å². The number of methoxy groups -OCH3 is 1. The molecule has 1 atom stereocenters. The summed E-state index contributed by atoms with van der Waals surface area (Å²) in [5.41, 5.74) is -0.128.